The van der Waals surface area contributed by atoms with Crippen LogP contribution in [0.3, 0.4) is 0 Å². The second-order valence-electron chi connectivity index (χ2n) is 10.7. The summed E-state index contributed by atoms with van der Waals surface area (Å²) in [4.78, 5) is 18.9. The molecule has 8 nitrogen and oxygen atoms in total. The van der Waals surface area contributed by atoms with E-state index in [2.05, 4.69) is 15.7 Å². The van der Waals surface area contributed by atoms with Gasteiger partial charge < -0.3 is 20.3 Å². The normalized spacial score (nSPS) is 16.9. The topological polar surface area (TPSA) is 83.8 Å². The molecule has 36 heavy (non-hydrogen) atoms. The lowest BCUT2D eigenvalue weighted by molar-refractivity contribution is 0.0188. The number of nitrogens with one attached hydrogen (secondary N) is 2. The first-order valence-corrected chi connectivity index (χ1v) is 12.5. The molecule has 2 fully saturated rings. The molecule has 5 rings (SSSR count). The second-order valence-corrected chi connectivity index (χ2v) is 10.7. The van der Waals surface area contributed by atoms with E-state index in [9.17, 15) is 13.6 Å². The number of halogens is 2. The van der Waals surface area contributed by atoms with Crippen molar-refractivity contribution in [2.45, 2.75) is 58.0 Å². The molecule has 192 valence electrons. The van der Waals surface area contributed by atoms with Crippen LogP contribution >= 0.6 is 0 Å². The first-order chi connectivity index (χ1) is 17.1. The number of carbonyl (C=O) groups is 1. The van der Waals surface area contributed by atoms with E-state index in [-0.39, 0.29) is 6.09 Å². The molecule has 3 heterocycles. The number of fused-ring (bicyclic) bond motifs is 1. The van der Waals surface area contributed by atoms with Gasteiger partial charge in [-0.25, -0.2) is 18.6 Å². The zero-order valence-corrected chi connectivity index (χ0v) is 20.9. The zero-order chi connectivity index (χ0) is 25.4. The van der Waals surface area contributed by atoms with Gasteiger partial charge in [0.25, 0.3) is 0 Å². The molecule has 0 unspecified atom stereocenters. The third-order valence-electron chi connectivity index (χ3n) is 6.49. The van der Waals surface area contributed by atoms with Gasteiger partial charge >= 0.3 is 6.09 Å². The maximum Gasteiger partial charge on any atom is 0.410 e. The van der Waals surface area contributed by atoms with Gasteiger partial charge in [-0.1, -0.05) is 0 Å². The third kappa shape index (κ3) is 5.68. The molecule has 0 spiro atoms. The molecule has 1 saturated carbocycles. The van der Waals surface area contributed by atoms with Crippen molar-refractivity contribution in [2.75, 3.05) is 30.3 Å². The van der Waals surface area contributed by atoms with Crippen LogP contribution in [0, 0.1) is 17.6 Å². The highest BCUT2D eigenvalue weighted by atomic mass is 19.1. The molecule has 10 heteroatoms. The van der Waals surface area contributed by atoms with Crippen molar-refractivity contribution in [3.05, 3.63) is 47.7 Å². The van der Waals surface area contributed by atoms with E-state index in [0.29, 0.717) is 48.8 Å². The van der Waals surface area contributed by atoms with Crippen LogP contribution in [-0.4, -0.2) is 50.8 Å². The van der Waals surface area contributed by atoms with Gasteiger partial charge in [0.1, 0.15) is 28.9 Å². The number of benzene rings is 1. The number of ether oxygens (including phenoxy) is 1. The van der Waals surface area contributed by atoms with Crippen LogP contribution in [0.15, 0.2) is 30.5 Å². The molecule has 1 amide bonds. The number of amides is 1. The smallest absolute Gasteiger partial charge is 0.410 e. The molecule has 1 aliphatic heterocycles. The predicted octanol–water partition coefficient (Wildman–Crippen LogP) is 5.69. The lowest BCUT2D eigenvalue weighted by atomic mass is 9.97. The number of likely N-dealkylation sites (tertiary alicyclic amines) is 1. The van der Waals surface area contributed by atoms with Crippen LogP contribution < -0.4 is 10.6 Å². The minimum Gasteiger partial charge on any atom is -0.444 e. The second kappa shape index (κ2) is 9.55. The predicted molar refractivity (Wildman–Crippen MR) is 134 cm³/mol. The molecule has 2 aromatic heterocycles. The van der Waals surface area contributed by atoms with E-state index in [1.54, 1.807) is 15.5 Å². The summed E-state index contributed by atoms with van der Waals surface area (Å²) in [6.45, 7) is 7.62. The van der Waals surface area contributed by atoms with Crippen LogP contribution in [0.1, 0.15) is 57.9 Å². The Kier molecular flexibility index (Phi) is 6.44. The fourth-order valence-electron chi connectivity index (χ4n) is 4.51. The molecule has 1 aliphatic carbocycles. The Bertz CT molecular complexity index is 1240. The standard InChI is InChI=1S/C26H32F2N6O2/c1-26(2,3)36-25(35)33-8-6-16(7-9-33)14-29-22-13-23(31-20-11-18(27)10-19(28)12-20)34-24(32-22)21(15-30-34)17-4-5-17/h10-13,15-17,31H,4-9,14H2,1-3H3,(H,29,32). The van der Waals surface area contributed by atoms with E-state index in [0.717, 1.165) is 43.0 Å². The largest absolute Gasteiger partial charge is 0.444 e. The number of piperidine rings is 1. The quantitative estimate of drug-likeness (QED) is 0.455. The third-order valence-corrected chi connectivity index (χ3v) is 6.49. The van der Waals surface area contributed by atoms with Gasteiger partial charge in [-0.2, -0.15) is 9.61 Å². The lowest BCUT2D eigenvalue weighted by Crippen LogP contribution is -2.42. The number of carbonyl (C=O) groups excluding carboxylic acids is 1. The van der Waals surface area contributed by atoms with Gasteiger partial charge in [0.05, 0.1) is 6.20 Å². The maximum atomic E-state index is 13.8. The van der Waals surface area contributed by atoms with Crippen LogP contribution in [0.4, 0.5) is 30.9 Å². The van der Waals surface area contributed by atoms with E-state index in [1.165, 1.54) is 12.1 Å². The summed E-state index contributed by atoms with van der Waals surface area (Å²) in [5, 5.41) is 11.0. The van der Waals surface area contributed by atoms with Gasteiger partial charge in [0.2, 0.25) is 0 Å². The summed E-state index contributed by atoms with van der Waals surface area (Å²) >= 11 is 0. The average Bonchev–Trinajstić information content (AvgIpc) is 3.55. The highest BCUT2D eigenvalue weighted by Gasteiger charge is 2.29. The highest BCUT2D eigenvalue weighted by Crippen LogP contribution is 2.42. The summed E-state index contributed by atoms with van der Waals surface area (Å²) in [5.74, 6) is 0.749. The Morgan fingerprint density at radius 3 is 2.42 bits per heavy atom. The van der Waals surface area contributed by atoms with Crippen molar-refractivity contribution >= 4 is 29.1 Å². The van der Waals surface area contributed by atoms with Gasteiger partial charge in [0.15, 0.2) is 5.65 Å². The number of rotatable bonds is 6. The van der Waals surface area contributed by atoms with Gasteiger partial charge in [-0.3, -0.25) is 0 Å². The summed E-state index contributed by atoms with van der Waals surface area (Å²) < 4.78 is 34.7. The van der Waals surface area contributed by atoms with Gasteiger partial charge in [-0.05, 0) is 70.4 Å². The van der Waals surface area contributed by atoms with Crippen LogP contribution in [0.2, 0.25) is 0 Å². The Morgan fingerprint density at radius 1 is 1.08 bits per heavy atom. The van der Waals surface area contributed by atoms with Crippen molar-refractivity contribution in [3.8, 4) is 0 Å². The Hall–Kier alpha value is -3.43. The Morgan fingerprint density at radius 2 is 1.78 bits per heavy atom. The van der Waals surface area contributed by atoms with Crippen molar-refractivity contribution < 1.29 is 18.3 Å². The highest BCUT2D eigenvalue weighted by molar-refractivity contribution is 5.68. The molecule has 0 bridgehead atoms. The molecule has 2 aliphatic rings. The molecule has 2 N–H and O–H groups in total. The molecule has 3 aromatic rings. The summed E-state index contributed by atoms with van der Waals surface area (Å²) in [7, 11) is 0. The number of hydrogen-bond donors (Lipinski definition) is 2. The number of anilines is 3. The number of hydrogen-bond acceptors (Lipinski definition) is 6. The van der Waals surface area contributed by atoms with E-state index in [4.69, 9.17) is 9.72 Å². The monoisotopic (exact) mass is 498 g/mol. The number of aromatic nitrogens is 3. The van der Waals surface area contributed by atoms with Gasteiger partial charge in [-0.15, -0.1) is 0 Å². The first-order valence-electron chi connectivity index (χ1n) is 12.5. The molecular formula is C26H32F2N6O2. The number of nitrogens with zero attached hydrogens (tertiary/aromatic N) is 4. The summed E-state index contributed by atoms with van der Waals surface area (Å²) in [6.07, 6.45) is 5.50. The van der Waals surface area contributed by atoms with Crippen molar-refractivity contribution in [1.82, 2.24) is 19.5 Å². The van der Waals surface area contributed by atoms with Gasteiger partial charge in [0, 0.05) is 43.0 Å². The fourth-order valence-corrected chi connectivity index (χ4v) is 4.51. The van der Waals surface area contributed by atoms with E-state index in [1.807, 2.05) is 27.0 Å². The van der Waals surface area contributed by atoms with Crippen LogP contribution in [0.5, 0.6) is 0 Å². The van der Waals surface area contributed by atoms with E-state index < -0.39 is 17.2 Å². The molecular weight excluding hydrogens is 466 g/mol. The molecule has 0 atom stereocenters. The average molecular weight is 499 g/mol. The van der Waals surface area contributed by atoms with Crippen molar-refractivity contribution in [1.29, 1.82) is 0 Å². The minimum absolute atomic E-state index is 0.265. The molecule has 1 saturated heterocycles. The van der Waals surface area contributed by atoms with Crippen LogP contribution in [0.25, 0.3) is 5.65 Å². The Balaban J connectivity index is 1.29. The first kappa shape index (κ1) is 24.3. The Labute approximate surface area is 209 Å². The fraction of sp³-hybridized carbons (Fsp3) is 0.500. The SMILES string of the molecule is CC(C)(C)OC(=O)N1CCC(CNc2cc(Nc3cc(F)cc(F)c3)n3ncc(C4CC4)c3n2)CC1. The molecule has 0 radical (unpaired) electrons. The molecule has 1 aromatic carbocycles. The summed E-state index contributed by atoms with van der Waals surface area (Å²) in [6, 6.07) is 5.13. The lowest BCUT2D eigenvalue weighted by Gasteiger charge is -2.33. The van der Waals surface area contributed by atoms with Crippen LogP contribution in [-0.2, 0) is 4.74 Å². The van der Waals surface area contributed by atoms with Crippen molar-refractivity contribution in [3.63, 3.8) is 0 Å². The minimum atomic E-state index is -0.655. The van der Waals surface area contributed by atoms with Crippen molar-refractivity contribution in [2.24, 2.45) is 5.92 Å². The summed E-state index contributed by atoms with van der Waals surface area (Å²) in [5.41, 5.74) is 1.61. The zero-order valence-electron chi connectivity index (χ0n) is 20.9. The van der Waals surface area contributed by atoms with E-state index >= 15 is 0 Å². The maximum absolute atomic E-state index is 13.8.